The molecule has 0 bridgehead atoms. The number of aryl methyl sites for hydroxylation is 2. The van der Waals surface area contributed by atoms with Gasteiger partial charge in [0.25, 0.3) is 0 Å². The van der Waals surface area contributed by atoms with Gasteiger partial charge in [0.2, 0.25) is 0 Å². The molecule has 15 heteroatoms. The molecule has 5 rings (SSSR count). The van der Waals surface area contributed by atoms with Crippen molar-refractivity contribution in [1.29, 1.82) is 0 Å². The van der Waals surface area contributed by atoms with Crippen LogP contribution in [0.2, 0.25) is 0 Å². The molecule has 15 nitrogen and oxygen atoms in total. The molecule has 2 aliphatic rings. The van der Waals surface area contributed by atoms with Crippen molar-refractivity contribution in [2.75, 3.05) is 14.1 Å². The standard InChI is InChI=1S/C45H67N7O8/c1-9-11-17-35-26-52(48-46-35)25-34-22-28(3)18-19-37(53)29(4)23-33(20-21-51-27-36(47-49-51)32-15-13-12-14-16-32)44(30(5)38(54)24-40(55)59-39(34)10-2)60-45-43(57)41(50(7)8)42(56)31(6)58-45/h12-16,18-19,22,26-27,29-31,33-34,38-39,41-45,54,56-57H,9-11,17,20-21,23-25H2,1-8H3/b19-18+,28-22+/t29-,30+,31-,33+,34-,38-,39-,41?,42?,43?,44-,45+/m1/s1. The van der Waals surface area contributed by atoms with Crippen LogP contribution in [0.3, 0.4) is 0 Å². The van der Waals surface area contributed by atoms with Crippen LogP contribution in [-0.4, -0.2) is 125 Å². The van der Waals surface area contributed by atoms with Crippen LogP contribution in [0.1, 0.15) is 85.8 Å². The Kier molecular flexibility index (Phi) is 17.3. The Morgan fingerprint density at radius 2 is 1.68 bits per heavy atom. The number of cyclic esters (lactones) is 1. The van der Waals surface area contributed by atoms with Gasteiger partial charge in [-0.15, -0.1) is 10.2 Å². The number of hydrogen-bond acceptors (Lipinski definition) is 13. The molecule has 2 aromatic heterocycles. The second-order valence-electron chi connectivity index (χ2n) is 17.1. The predicted octanol–water partition coefficient (Wildman–Crippen LogP) is 4.80. The maximum absolute atomic E-state index is 13.9. The van der Waals surface area contributed by atoms with Gasteiger partial charge in [-0.3, -0.25) is 19.0 Å². The first kappa shape index (κ1) is 46.9. The summed E-state index contributed by atoms with van der Waals surface area (Å²) in [4.78, 5) is 29.5. The quantitative estimate of drug-likeness (QED) is 0.200. The van der Waals surface area contributed by atoms with E-state index in [2.05, 4.69) is 27.5 Å². The van der Waals surface area contributed by atoms with Crippen LogP contribution in [0.4, 0.5) is 0 Å². The molecule has 330 valence electrons. The first-order valence-corrected chi connectivity index (χ1v) is 21.6. The van der Waals surface area contributed by atoms with E-state index in [1.54, 1.807) is 54.4 Å². The second-order valence-corrected chi connectivity index (χ2v) is 17.1. The SMILES string of the molecule is CCCCc1cn(C[C@H]2/C=C(C)/C=C/C(=O)[C@H](C)C[C@H](CCn3cc(-c4ccccc4)nn3)[C@H](O[C@@H]3O[C@H](C)C(O)C(N(C)C)C3O)[C@@H](C)[C@H](O)CC(=O)O[C@@H]2CC)nn1. The molecular formula is C45H67N7O8. The summed E-state index contributed by atoms with van der Waals surface area (Å²) < 4.78 is 22.6. The number of hydrogen-bond donors (Lipinski definition) is 3. The molecule has 0 saturated carbocycles. The molecule has 1 saturated heterocycles. The summed E-state index contributed by atoms with van der Waals surface area (Å²) in [7, 11) is 3.54. The fraction of sp³-hybridized carbons (Fsp3) is 0.644. The average Bonchev–Trinajstić information content (AvgIpc) is 3.90. The normalized spacial score (nSPS) is 32.7. The van der Waals surface area contributed by atoms with Crippen molar-refractivity contribution >= 4 is 11.8 Å². The topological polar surface area (TPSA) is 187 Å². The van der Waals surface area contributed by atoms with Gasteiger partial charge in [0, 0.05) is 36.1 Å². The number of ketones is 1. The number of carbonyl (C=O) groups excluding carboxylic acids is 2. The Labute approximate surface area is 354 Å². The summed E-state index contributed by atoms with van der Waals surface area (Å²) in [6.45, 7) is 12.2. The second kappa shape index (κ2) is 22.1. The molecular weight excluding hydrogens is 767 g/mol. The molecule has 0 spiro atoms. The number of aliphatic hydroxyl groups is 3. The van der Waals surface area contributed by atoms with E-state index in [0.717, 1.165) is 36.1 Å². The highest BCUT2D eigenvalue weighted by molar-refractivity contribution is 5.91. The van der Waals surface area contributed by atoms with Crippen LogP contribution < -0.4 is 0 Å². The molecule has 1 aromatic carbocycles. The van der Waals surface area contributed by atoms with Crippen molar-refractivity contribution in [3.05, 3.63) is 72.2 Å². The number of benzene rings is 1. The Balaban J connectivity index is 1.49. The van der Waals surface area contributed by atoms with E-state index in [-0.39, 0.29) is 18.1 Å². The van der Waals surface area contributed by atoms with E-state index in [9.17, 15) is 24.9 Å². The number of carbonyl (C=O) groups is 2. The van der Waals surface area contributed by atoms with Crippen molar-refractivity contribution in [2.24, 2.45) is 23.7 Å². The maximum atomic E-state index is 13.9. The third kappa shape index (κ3) is 12.5. The van der Waals surface area contributed by atoms with E-state index < -0.39 is 72.7 Å². The predicted molar refractivity (Wildman–Crippen MR) is 226 cm³/mol. The highest BCUT2D eigenvalue weighted by atomic mass is 16.7. The lowest BCUT2D eigenvalue weighted by molar-refractivity contribution is -0.304. The molecule has 60 heavy (non-hydrogen) atoms. The van der Waals surface area contributed by atoms with Gasteiger partial charge in [-0.25, -0.2) is 0 Å². The summed E-state index contributed by atoms with van der Waals surface area (Å²) in [6, 6.07) is 9.04. The van der Waals surface area contributed by atoms with Crippen molar-refractivity contribution in [3.63, 3.8) is 0 Å². The molecule has 0 aliphatic carbocycles. The number of aliphatic hydroxyl groups excluding tert-OH is 3. The first-order chi connectivity index (χ1) is 28.7. The average molecular weight is 834 g/mol. The molecule has 0 amide bonds. The minimum Gasteiger partial charge on any atom is -0.462 e. The fourth-order valence-electron chi connectivity index (χ4n) is 8.42. The highest BCUT2D eigenvalue weighted by Gasteiger charge is 2.47. The van der Waals surface area contributed by atoms with Crippen LogP contribution in [0.15, 0.2) is 66.5 Å². The third-order valence-electron chi connectivity index (χ3n) is 12.1. The molecule has 3 N–H and O–H groups in total. The molecule has 3 aromatic rings. The van der Waals surface area contributed by atoms with Gasteiger partial charge in [0.05, 0.1) is 55.3 Å². The summed E-state index contributed by atoms with van der Waals surface area (Å²) in [5, 5.41) is 52.0. The lowest BCUT2D eigenvalue weighted by atomic mass is 9.79. The van der Waals surface area contributed by atoms with Gasteiger partial charge >= 0.3 is 5.97 Å². The van der Waals surface area contributed by atoms with E-state index in [0.29, 0.717) is 38.0 Å². The number of rotatable bonds is 13. The van der Waals surface area contributed by atoms with Crippen LogP contribution >= 0.6 is 0 Å². The third-order valence-corrected chi connectivity index (χ3v) is 12.1. The van der Waals surface area contributed by atoms with Crippen molar-refractivity contribution in [1.82, 2.24) is 34.9 Å². The van der Waals surface area contributed by atoms with Crippen LogP contribution in [0, 0.1) is 23.7 Å². The van der Waals surface area contributed by atoms with E-state index in [1.165, 1.54) is 0 Å². The summed E-state index contributed by atoms with van der Waals surface area (Å²) >= 11 is 0. The van der Waals surface area contributed by atoms with E-state index >= 15 is 0 Å². The molecule has 2 aliphatic heterocycles. The summed E-state index contributed by atoms with van der Waals surface area (Å²) in [5.74, 6) is -2.51. The van der Waals surface area contributed by atoms with Gasteiger partial charge in [0.15, 0.2) is 12.1 Å². The first-order valence-electron chi connectivity index (χ1n) is 21.6. The number of aromatic nitrogens is 6. The monoisotopic (exact) mass is 834 g/mol. The zero-order valence-electron chi connectivity index (χ0n) is 36.6. The Hall–Kier alpha value is -4.12. The number of ether oxygens (including phenoxy) is 3. The number of nitrogens with zero attached hydrogens (tertiary/aromatic N) is 7. The van der Waals surface area contributed by atoms with Crippen molar-refractivity contribution in [2.45, 2.75) is 149 Å². The number of likely N-dealkylation sites (N-methyl/N-ethyl adjacent to an activating group) is 1. The van der Waals surface area contributed by atoms with Crippen molar-refractivity contribution < 1.29 is 39.1 Å². The Morgan fingerprint density at radius 3 is 2.38 bits per heavy atom. The largest absolute Gasteiger partial charge is 0.462 e. The zero-order valence-corrected chi connectivity index (χ0v) is 36.6. The van der Waals surface area contributed by atoms with Gasteiger partial charge in [-0.1, -0.05) is 92.6 Å². The molecule has 3 unspecified atom stereocenters. The Morgan fingerprint density at radius 1 is 0.950 bits per heavy atom. The van der Waals surface area contributed by atoms with Gasteiger partial charge in [-0.05, 0) is 72.0 Å². The zero-order chi connectivity index (χ0) is 43.5. The van der Waals surface area contributed by atoms with Gasteiger partial charge < -0.3 is 34.4 Å². The number of allylic oxidation sites excluding steroid dienone is 3. The minimum atomic E-state index is -1.25. The van der Waals surface area contributed by atoms with Gasteiger partial charge in [0.1, 0.15) is 17.9 Å². The highest BCUT2D eigenvalue weighted by Crippen LogP contribution is 2.35. The number of unbranched alkanes of at least 4 members (excludes halogenated alkanes) is 1. The molecule has 4 heterocycles. The smallest absolute Gasteiger partial charge is 0.308 e. The van der Waals surface area contributed by atoms with Crippen LogP contribution in [0.25, 0.3) is 11.3 Å². The van der Waals surface area contributed by atoms with Crippen molar-refractivity contribution in [3.8, 4) is 11.3 Å². The summed E-state index contributed by atoms with van der Waals surface area (Å²) in [6.07, 6.45) is 6.34. The summed E-state index contributed by atoms with van der Waals surface area (Å²) in [5.41, 5.74) is 3.37. The lowest BCUT2D eigenvalue weighted by Crippen LogP contribution is -2.63. The number of esters is 1. The van der Waals surface area contributed by atoms with Crippen LogP contribution in [0.5, 0.6) is 0 Å². The molecule has 1 fully saturated rings. The maximum Gasteiger partial charge on any atom is 0.308 e. The van der Waals surface area contributed by atoms with E-state index in [4.69, 9.17) is 14.2 Å². The molecule has 12 atom stereocenters. The fourth-order valence-corrected chi connectivity index (χ4v) is 8.42. The minimum absolute atomic E-state index is 0.0795. The Bertz CT molecular complexity index is 1860. The lowest BCUT2D eigenvalue weighted by Gasteiger charge is -2.46. The van der Waals surface area contributed by atoms with Gasteiger partial charge in [-0.2, -0.15) is 0 Å². The van der Waals surface area contributed by atoms with E-state index in [1.807, 2.05) is 69.6 Å². The molecule has 0 radical (unpaired) electrons. The van der Waals surface area contributed by atoms with Crippen LogP contribution in [-0.2, 0) is 43.3 Å².